The van der Waals surface area contributed by atoms with Gasteiger partial charge < -0.3 is 14.9 Å². The van der Waals surface area contributed by atoms with Gasteiger partial charge in [-0.2, -0.15) is 5.10 Å². The molecule has 0 spiro atoms. The number of nitrogens with one attached hydrogen (secondary N) is 1. The van der Waals surface area contributed by atoms with Gasteiger partial charge in [0.15, 0.2) is 10.8 Å². The van der Waals surface area contributed by atoms with Crippen LogP contribution < -0.4 is 15.3 Å². The predicted octanol–water partition coefficient (Wildman–Crippen LogP) is 3.66. The summed E-state index contributed by atoms with van der Waals surface area (Å²) < 4.78 is 4.97. The molecule has 1 aromatic carbocycles. The van der Waals surface area contributed by atoms with Crippen molar-refractivity contribution in [1.82, 2.24) is 4.98 Å². The number of anilines is 1. The van der Waals surface area contributed by atoms with E-state index in [2.05, 4.69) is 15.5 Å². The van der Waals surface area contributed by atoms with E-state index in [1.54, 1.807) is 19.1 Å². The molecule has 0 saturated heterocycles. The van der Waals surface area contributed by atoms with Gasteiger partial charge in [-0.3, -0.25) is 5.43 Å². The molecule has 0 aliphatic carbocycles. The van der Waals surface area contributed by atoms with E-state index in [1.807, 2.05) is 0 Å². The van der Waals surface area contributed by atoms with Gasteiger partial charge in [0, 0.05) is 0 Å². The van der Waals surface area contributed by atoms with Crippen molar-refractivity contribution in [2.45, 2.75) is 6.92 Å². The highest BCUT2D eigenvalue weighted by Gasteiger charge is 2.20. The van der Waals surface area contributed by atoms with Crippen molar-refractivity contribution in [2.24, 2.45) is 5.10 Å². The van der Waals surface area contributed by atoms with Gasteiger partial charge in [0.1, 0.15) is 15.8 Å². The first-order chi connectivity index (χ1) is 11.8. The normalized spacial score (nSPS) is 11.3. The summed E-state index contributed by atoms with van der Waals surface area (Å²) in [6.07, 6.45) is 0. The molecule has 0 unspecified atom stereocenters. The van der Waals surface area contributed by atoms with Crippen molar-refractivity contribution in [2.75, 3.05) is 12.5 Å². The molecule has 7 nitrogen and oxygen atoms in total. The van der Waals surface area contributed by atoms with E-state index >= 15 is 0 Å². The molecule has 132 valence electrons. The van der Waals surface area contributed by atoms with Crippen molar-refractivity contribution in [3.63, 3.8) is 0 Å². The highest BCUT2D eigenvalue weighted by molar-refractivity contribution is 6.46. The van der Waals surface area contributed by atoms with Crippen LogP contribution in [0, 0.1) is 0 Å². The predicted molar refractivity (Wildman–Crippen MR) is 94.5 cm³/mol. The number of aromatic carboxylic acids is 1. The molecule has 2 rings (SSSR count). The van der Waals surface area contributed by atoms with Gasteiger partial charge in [0.05, 0.1) is 18.5 Å². The molecule has 0 bridgehead atoms. The summed E-state index contributed by atoms with van der Waals surface area (Å²) in [7, 11) is 1.45. The number of carbonyl (C=O) groups is 1. The molecule has 0 radical (unpaired) electrons. The third-order valence-electron chi connectivity index (χ3n) is 3.15. The Morgan fingerprint density at radius 1 is 1.32 bits per heavy atom. The third-order valence-corrected chi connectivity index (χ3v) is 4.26. The first-order valence-electron chi connectivity index (χ1n) is 6.69. The molecule has 0 atom stereocenters. The molecule has 25 heavy (non-hydrogen) atoms. The number of hydrogen-bond acceptors (Lipinski definition) is 6. The number of carboxylic acids is 1. The summed E-state index contributed by atoms with van der Waals surface area (Å²) in [4.78, 5) is 14.7. The summed E-state index contributed by atoms with van der Waals surface area (Å²) in [5.74, 6) is -1.24. The van der Waals surface area contributed by atoms with Crippen LogP contribution in [0.5, 0.6) is 11.5 Å². The van der Waals surface area contributed by atoms with Gasteiger partial charge in [0.2, 0.25) is 0 Å². The smallest absolute Gasteiger partial charge is 0.356 e. The minimum absolute atomic E-state index is 0.0268. The molecular formula is C15H11Cl3N3O4-. The third kappa shape index (κ3) is 4.07. The molecule has 2 N–H and O–H groups in total. The minimum atomic E-state index is -1.37. The molecule has 0 fully saturated rings. The Hall–Kier alpha value is -2.22. The zero-order chi connectivity index (χ0) is 18.7. The van der Waals surface area contributed by atoms with E-state index in [0.29, 0.717) is 17.0 Å². The fourth-order valence-corrected chi connectivity index (χ4v) is 2.55. The zero-order valence-corrected chi connectivity index (χ0v) is 15.2. The van der Waals surface area contributed by atoms with Crippen molar-refractivity contribution in [1.29, 1.82) is 0 Å². The quantitative estimate of drug-likeness (QED) is 0.448. The van der Waals surface area contributed by atoms with Crippen LogP contribution in [0.15, 0.2) is 23.3 Å². The lowest BCUT2D eigenvalue weighted by molar-refractivity contribution is -0.268. The number of rotatable bonds is 5. The Labute approximate surface area is 157 Å². The zero-order valence-electron chi connectivity index (χ0n) is 12.9. The maximum Gasteiger partial charge on any atom is 0.356 e. The van der Waals surface area contributed by atoms with Crippen LogP contribution in [0.25, 0.3) is 0 Å². The lowest BCUT2D eigenvalue weighted by Crippen LogP contribution is -2.08. The second-order valence-electron chi connectivity index (χ2n) is 4.73. The van der Waals surface area contributed by atoms with Crippen molar-refractivity contribution in [3.8, 4) is 11.5 Å². The Bertz CT molecular complexity index is 872. The van der Waals surface area contributed by atoms with Crippen molar-refractivity contribution < 1.29 is 19.7 Å². The average molecular weight is 404 g/mol. The summed E-state index contributed by atoms with van der Waals surface area (Å²) in [5, 5.41) is 24.5. The minimum Gasteiger partial charge on any atom is -0.872 e. The topological polar surface area (TPSA) is 107 Å². The monoisotopic (exact) mass is 402 g/mol. The SMILES string of the molecule is COc1ccc(/C(C)=N/Nc2c(Cl)c(Cl)nc(C(=O)O)c2Cl)c([O-])c1. The number of aromatic nitrogens is 1. The summed E-state index contributed by atoms with van der Waals surface area (Å²) in [6.45, 7) is 1.58. The van der Waals surface area contributed by atoms with Crippen LogP contribution in [0.3, 0.4) is 0 Å². The Morgan fingerprint density at radius 3 is 2.56 bits per heavy atom. The number of hydrazone groups is 1. The maximum absolute atomic E-state index is 12.0. The number of carboxylic acid groups (broad SMARTS) is 1. The number of benzene rings is 1. The molecule has 1 heterocycles. The fourth-order valence-electron chi connectivity index (χ4n) is 1.88. The van der Waals surface area contributed by atoms with Gasteiger partial charge in [0.25, 0.3) is 0 Å². The van der Waals surface area contributed by atoms with Crippen molar-refractivity contribution in [3.05, 3.63) is 44.7 Å². The van der Waals surface area contributed by atoms with E-state index in [9.17, 15) is 9.90 Å². The van der Waals surface area contributed by atoms with E-state index in [0.717, 1.165) is 0 Å². The van der Waals surface area contributed by atoms with Crippen LogP contribution in [0.4, 0.5) is 5.69 Å². The van der Waals surface area contributed by atoms with E-state index in [4.69, 9.17) is 44.6 Å². The Kier molecular flexibility index (Phi) is 5.94. The Morgan fingerprint density at radius 2 is 2.00 bits per heavy atom. The molecule has 2 aromatic rings. The highest BCUT2D eigenvalue weighted by Crippen LogP contribution is 2.37. The molecule has 10 heteroatoms. The van der Waals surface area contributed by atoms with Crippen LogP contribution in [-0.2, 0) is 0 Å². The van der Waals surface area contributed by atoms with Crippen LogP contribution in [-0.4, -0.2) is 28.9 Å². The Balaban J connectivity index is 2.40. The standard InChI is InChI=1S/C15H12Cl3N3O4/c1-6(8-4-3-7(25-2)5-9(8)22)20-21-12-10(16)13(15(23)24)19-14(18)11(12)17/h3-5,22H,1-2H3,(H,19,21)(H,23,24)/p-1/b20-6+. The lowest BCUT2D eigenvalue weighted by Gasteiger charge is -2.15. The van der Waals surface area contributed by atoms with Gasteiger partial charge in [-0.1, -0.05) is 46.6 Å². The number of pyridine rings is 1. The van der Waals surface area contributed by atoms with Crippen LogP contribution in [0.2, 0.25) is 15.2 Å². The first kappa shape index (κ1) is 19.1. The number of halogens is 3. The number of nitrogens with zero attached hydrogens (tertiary/aromatic N) is 2. The highest BCUT2D eigenvalue weighted by atomic mass is 35.5. The average Bonchev–Trinajstić information content (AvgIpc) is 2.57. The lowest BCUT2D eigenvalue weighted by atomic mass is 10.1. The van der Waals surface area contributed by atoms with E-state index in [1.165, 1.54) is 13.2 Å². The summed E-state index contributed by atoms with van der Waals surface area (Å²) in [6, 6.07) is 4.48. The van der Waals surface area contributed by atoms with Crippen LogP contribution >= 0.6 is 34.8 Å². The van der Waals surface area contributed by atoms with Gasteiger partial charge in [-0.05, 0) is 24.6 Å². The first-order valence-corrected chi connectivity index (χ1v) is 7.83. The van der Waals surface area contributed by atoms with Gasteiger partial charge in [-0.25, -0.2) is 9.78 Å². The molecule has 0 amide bonds. The number of ether oxygens (including phenoxy) is 1. The molecule has 0 aliphatic rings. The molecule has 1 aromatic heterocycles. The molecular weight excluding hydrogens is 393 g/mol. The van der Waals surface area contributed by atoms with Gasteiger partial charge in [-0.15, -0.1) is 0 Å². The maximum atomic E-state index is 12.0. The van der Waals surface area contributed by atoms with Crippen molar-refractivity contribution >= 4 is 52.2 Å². The van der Waals surface area contributed by atoms with E-state index < -0.39 is 11.7 Å². The number of methoxy groups -OCH3 is 1. The fraction of sp³-hybridized carbons (Fsp3) is 0.133. The summed E-state index contributed by atoms with van der Waals surface area (Å²) in [5.41, 5.74) is 2.68. The molecule has 0 aliphatic heterocycles. The second kappa shape index (κ2) is 7.77. The summed E-state index contributed by atoms with van der Waals surface area (Å²) >= 11 is 17.8. The van der Waals surface area contributed by atoms with Gasteiger partial charge >= 0.3 is 5.97 Å². The molecule has 0 saturated carbocycles. The second-order valence-corrected chi connectivity index (χ2v) is 5.84. The van der Waals surface area contributed by atoms with Crippen LogP contribution in [0.1, 0.15) is 23.0 Å². The largest absolute Gasteiger partial charge is 0.872 e. The number of hydrogen-bond donors (Lipinski definition) is 2. The van der Waals surface area contributed by atoms with E-state index in [-0.39, 0.29) is 26.6 Å².